The third-order valence-electron chi connectivity index (χ3n) is 4.37. The van der Waals surface area contributed by atoms with Crippen molar-refractivity contribution >= 4 is 7.75 Å². The van der Waals surface area contributed by atoms with Gasteiger partial charge in [0.2, 0.25) is 0 Å². The lowest BCUT2D eigenvalue weighted by molar-refractivity contribution is 0.208. The van der Waals surface area contributed by atoms with E-state index in [1.807, 2.05) is 48.5 Å². The summed E-state index contributed by atoms with van der Waals surface area (Å²) < 4.78 is 24.0. The molecule has 146 valence electrons. The maximum atomic E-state index is 13.1. The van der Waals surface area contributed by atoms with Crippen molar-refractivity contribution in [2.45, 2.75) is 19.9 Å². The Morgan fingerprint density at radius 3 is 1.71 bits per heavy atom. The van der Waals surface area contributed by atoms with Crippen molar-refractivity contribution in [3.05, 3.63) is 96.1 Å². The van der Waals surface area contributed by atoms with E-state index in [1.165, 1.54) is 0 Å². The van der Waals surface area contributed by atoms with Gasteiger partial charge < -0.3 is 0 Å². The summed E-state index contributed by atoms with van der Waals surface area (Å²) in [6.45, 7) is 4.22. The molecule has 3 aromatic rings. The van der Waals surface area contributed by atoms with Crippen LogP contribution in [0.2, 0.25) is 0 Å². The Kier molecular flexibility index (Phi) is 7.18. The Bertz CT molecular complexity index is 888. The van der Waals surface area contributed by atoms with Gasteiger partial charge >= 0.3 is 7.75 Å². The van der Waals surface area contributed by atoms with Crippen LogP contribution in [0.1, 0.15) is 31.0 Å². The summed E-state index contributed by atoms with van der Waals surface area (Å²) in [6, 6.07) is 28.1. The fourth-order valence-corrected chi connectivity index (χ4v) is 4.61. The third-order valence-corrected chi connectivity index (χ3v) is 6.14. The van der Waals surface area contributed by atoms with Crippen LogP contribution in [0.15, 0.2) is 84.9 Å². The minimum atomic E-state index is -3.43. The predicted molar refractivity (Wildman–Crippen MR) is 114 cm³/mol. The molecule has 0 amide bonds. The standard InChI is InChI=1S/C23H26NO3P/c1-3-26-28(25,27-4-2)24-23(21-13-9-6-10-14-21)22-17-15-20(16-18-22)19-11-7-5-8-12-19/h5-18,23H,3-4H2,1-2H3,(H,24,25)/t23-/m0/s1. The summed E-state index contributed by atoms with van der Waals surface area (Å²) in [7, 11) is -3.43. The molecule has 3 rings (SSSR count). The minimum Gasteiger partial charge on any atom is -0.297 e. The van der Waals surface area contributed by atoms with Gasteiger partial charge in [0.15, 0.2) is 0 Å². The lowest BCUT2D eigenvalue weighted by atomic mass is 9.97. The van der Waals surface area contributed by atoms with Crippen molar-refractivity contribution in [2.24, 2.45) is 0 Å². The molecular weight excluding hydrogens is 369 g/mol. The first kappa shape index (κ1) is 20.5. The largest absolute Gasteiger partial charge is 0.406 e. The zero-order valence-electron chi connectivity index (χ0n) is 16.2. The molecule has 5 heteroatoms. The van der Waals surface area contributed by atoms with Crippen molar-refractivity contribution in [2.75, 3.05) is 13.2 Å². The van der Waals surface area contributed by atoms with Crippen molar-refractivity contribution < 1.29 is 13.6 Å². The molecule has 0 aliphatic carbocycles. The summed E-state index contributed by atoms with van der Waals surface area (Å²) in [5, 5.41) is 3.14. The van der Waals surface area contributed by atoms with Crippen LogP contribution in [0.4, 0.5) is 0 Å². The monoisotopic (exact) mass is 395 g/mol. The summed E-state index contributed by atoms with van der Waals surface area (Å²) in [5.41, 5.74) is 4.28. The third kappa shape index (κ3) is 5.18. The number of benzene rings is 3. The summed E-state index contributed by atoms with van der Waals surface area (Å²) >= 11 is 0. The fraction of sp³-hybridized carbons (Fsp3) is 0.217. The zero-order valence-corrected chi connectivity index (χ0v) is 17.1. The van der Waals surface area contributed by atoms with Crippen LogP contribution in [0.5, 0.6) is 0 Å². The van der Waals surface area contributed by atoms with E-state index in [0.717, 1.165) is 22.3 Å². The molecule has 0 spiro atoms. The molecule has 0 aliphatic heterocycles. The molecule has 1 N–H and O–H groups in total. The molecular formula is C23H26NO3P. The van der Waals surface area contributed by atoms with E-state index in [9.17, 15) is 4.57 Å². The molecule has 0 aromatic heterocycles. The Labute approximate surface area is 167 Å². The summed E-state index contributed by atoms with van der Waals surface area (Å²) in [5.74, 6) is 0. The molecule has 0 bridgehead atoms. The first-order valence-corrected chi connectivity index (χ1v) is 11.1. The maximum Gasteiger partial charge on any atom is 0.406 e. The molecule has 0 radical (unpaired) electrons. The Morgan fingerprint density at radius 1 is 0.714 bits per heavy atom. The maximum absolute atomic E-state index is 13.1. The zero-order chi connectivity index (χ0) is 19.8. The normalized spacial score (nSPS) is 12.6. The second-order valence-electron chi connectivity index (χ2n) is 6.29. The van der Waals surface area contributed by atoms with Crippen LogP contribution in [0, 0.1) is 0 Å². The SMILES string of the molecule is CCOP(=O)(N[C@@H](c1ccccc1)c1ccc(-c2ccccc2)cc1)OCC. The number of hydrogen-bond donors (Lipinski definition) is 1. The Morgan fingerprint density at radius 2 is 1.18 bits per heavy atom. The molecule has 1 atom stereocenters. The van der Waals surface area contributed by atoms with Crippen LogP contribution in [0.3, 0.4) is 0 Å². The average Bonchev–Trinajstić information content (AvgIpc) is 2.74. The number of hydrogen-bond acceptors (Lipinski definition) is 3. The van der Waals surface area contributed by atoms with Crippen LogP contribution in [-0.4, -0.2) is 13.2 Å². The van der Waals surface area contributed by atoms with Crippen molar-refractivity contribution in [3.8, 4) is 11.1 Å². The van der Waals surface area contributed by atoms with Crippen LogP contribution in [-0.2, 0) is 13.6 Å². The molecule has 0 heterocycles. The predicted octanol–water partition coefficient (Wildman–Crippen LogP) is 6.21. The van der Waals surface area contributed by atoms with Gasteiger partial charge in [0.1, 0.15) is 0 Å². The lowest BCUT2D eigenvalue weighted by Gasteiger charge is -2.25. The highest BCUT2D eigenvalue weighted by Gasteiger charge is 2.29. The van der Waals surface area contributed by atoms with E-state index in [2.05, 4.69) is 41.5 Å². The van der Waals surface area contributed by atoms with Gasteiger partial charge in [-0.25, -0.2) is 9.65 Å². The van der Waals surface area contributed by atoms with Crippen molar-refractivity contribution in [3.63, 3.8) is 0 Å². The minimum absolute atomic E-state index is 0.304. The van der Waals surface area contributed by atoms with E-state index in [0.29, 0.717) is 13.2 Å². The highest BCUT2D eigenvalue weighted by molar-refractivity contribution is 7.51. The molecule has 0 fully saturated rings. The molecule has 3 aromatic carbocycles. The van der Waals surface area contributed by atoms with E-state index >= 15 is 0 Å². The number of rotatable bonds is 9. The number of nitrogens with one attached hydrogen (secondary N) is 1. The Balaban J connectivity index is 1.94. The van der Waals surface area contributed by atoms with E-state index < -0.39 is 7.75 Å². The quantitative estimate of drug-likeness (QED) is 0.437. The molecule has 0 aliphatic rings. The van der Waals surface area contributed by atoms with Gasteiger partial charge in [0.25, 0.3) is 0 Å². The van der Waals surface area contributed by atoms with Gasteiger partial charge in [0, 0.05) is 0 Å². The Hall–Kier alpha value is -2.23. The van der Waals surface area contributed by atoms with Crippen LogP contribution in [0.25, 0.3) is 11.1 Å². The fourth-order valence-electron chi connectivity index (χ4n) is 3.10. The van der Waals surface area contributed by atoms with Gasteiger partial charge in [-0.15, -0.1) is 0 Å². The molecule has 28 heavy (non-hydrogen) atoms. The van der Waals surface area contributed by atoms with Gasteiger partial charge in [-0.2, -0.15) is 0 Å². The first-order valence-electron chi connectivity index (χ1n) is 9.52. The van der Waals surface area contributed by atoms with Gasteiger partial charge in [0.05, 0.1) is 19.3 Å². The molecule has 4 nitrogen and oxygen atoms in total. The van der Waals surface area contributed by atoms with Gasteiger partial charge in [-0.3, -0.25) is 9.05 Å². The van der Waals surface area contributed by atoms with Crippen LogP contribution < -0.4 is 5.09 Å². The second kappa shape index (κ2) is 9.81. The van der Waals surface area contributed by atoms with Gasteiger partial charge in [-0.05, 0) is 36.1 Å². The summed E-state index contributed by atoms with van der Waals surface area (Å²) in [4.78, 5) is 0. The van der Waals surface area contributed by atoms with Crippen LogP contribution >= 0.6 is 7.75 Å². The highest BCUT2D eigenvalue weighted by Crippen LogP contribution is 2.47. The lowest BCUT2D eigenvalue weighted by Crippen LogP contribution is -2.22. The highest BCUT2D eigenvalue weighted by atomic mass is 31.2. The smallest absolute Gasteiger partial charge is 0.297 e. The van der Waals surface area contributed by atoms with E-state index in [1.54, 1.807) is 13.8 Å². The van der Waals surface area contributed by atoms with Crippen molar-refractivity contribution in [1.82, 2.24) is 5.09 Å². The second-order valence-corrected chi connectivity index (χ2v) is 8.06. The van der Waals surface area contributed by atoms with Crippen molar-refractivity contribution in [1.29, 1.82) is 0 Å². The van der Waals surface area contributed by atoms with E-state index in [4.69, 9.17) is 9.05 Å². The summed E-state index contributed by atoms with van der Waals surface area (Å²) in [6.07, 6.45) is 0. The molecule has 0 unspecified atom stereocenters. The molecule has 0 saturated heterocycles. The average molecular weight is 395 g/mol. The topological polar surface area (TPSA) is 47.6 Å². The first-order chi connectivity index (χ1) is 13.6. The molecule has 0 saturated carbocycles. The van der Waals surface area contributed by atoms with Gasteiger partial charge in [-0.1, -0.05) is 84.9 Å². The van der Waals surface area contributed by atoms with E-state index in [-0.39, 0.29) is 6.04 Å².